The van der Waals surface area contributed by atoms with Gasteiger partial charge in [-0.15, -0.1) is 0 Å². The number of carbonyl (C=O) groups is 2. The number of amides is 1. The van der Waals surface area contributed by atoms with E-state index in [9.17, 15) is 9.59 Å². The number of anilines is 1. The van der Waals surface area contributed by atoms with Gasteiger partial charge in [0, 0.05) is 11.3 Å². The number of aromatic nitrogens is 1. The zero-order valence-corrected chi connectivity index (χ0v) is 12.4. The number of ether oxygens (including phenoxy) is 1. The summed E-state index contributed by atoms with van der Waals surface area (Å²) in [6.45, 7) is 5.28. The van der Waals surface area contributed by atoms with Crippen LogP contribution < -0.4 is 5.32 Å². The molecule has 22 heavy (non-hydrogen) atoms. The van der Waals surface area contributed by atoms with Gasteiger partial charge in [0.2, 0.25) is 0 Å². The van der Waals surface area contributed by atoms with E-state index in [0.29, 0.717) is 11.3 Å². The zero-order valence-electron chi connectivity index (χ0n) is 12.4. The van der Waals surface area contributed by atoms with Gasteiger partial charge in [0.25, 0.3) is 0 Å². The van der Waals surface area contributed by atoms with Gasteiger partial charge >= 0.3 is 12.1 Å². The molecule has 0 atom stereocenters. The number of benzene rings is 1. The van der Waals surface area contributed by atoms with Crippen molar-refractivity contribution in [1.82, 2.24) is 5.16 Å². The van der Waals surface area contributed by atoms with Crippen LogP contribution in [0.3, 0.4) is 0 Å². The first kappa shape index (κ1) is 15.6. The van der Waals surface area contributed by atoms with E-state index in [-0.39, 0.29) is 11.3 Å². The van der Waals surface area contributed by atoms with Crippen LogP contribution in [-0.4, -0.2) is 27.9 Å². The Balaban J connectivity index is 2.22. The first-order valence-corrected chi connectivity index (χ1v) is 6.55. The van der Waals surface area contributed by atoms with E-state index in [1.807, 2.05) is 0 Å². The summed E-state index contributed by atoms with van der Waals surface area (Å²) in [7, 11) is 0. The molecule has 0 radical (unpaired) electrons. The zero-order chi connectivity index (χ0) is 16.3. The number of hydrogen-bond donors (Lipinski definition) is 2. The molecular formula is C15H16N2O5. The largest absolute Gasteiger partial charge is 0.477 e. The van der Waals surface area contributed by atoms with Crippen LogP contribution in [0.4, 0.5) is 10.5 Å². The molecule has 0 aliphatic carbocycles. The van der Waals surface area contributed by atoms with Crippen LogP contribution in [-0.2, 0) is 4.74 Å². The van der Waals surface area contributed by atoms with Gasteiger partial charge in [-0.25, -0.2) is 9.59 Å². The van der Waals surface area contributed by atoms with Gasteiger partial charge in [-0.2, -0.15) is 0 Å². The number of nitrogens with one attached hydrogen (secondary N) is 1. The maximum Gasteiger partial charge on any atom is 0.412 e. The molecule has 0 bridgehead atoms. The predicted molar refractivity (Wildman–Crippen MR) is 78.8 cm³/mol. The summed E-state index contributed by atoms with van der Waals surface area (Å²) >= 11 is 0. The number of carboxylic acids is 1. The van der Waals surface area contributed by atoms with Gasteiger partial charge < -0.3 is 14.4 Å². The van der Waals surface area contributed by atoms with Crippen LogP contribution >= 0.6 is 0 Å². The lowest BCUT2D eigenvalue weighted by molar-refractivity contribution is 0.0634. The van der Waals surface area contributed by atoms with Crippen LogP contribution in [0.2, 0.25) is 0 Å². The van der Waals surface area contributed by atoms with E-state index < -0.39 is 17.7 Å². The molecule has 0 spiro atoms. The highest BCUT2D eigenvalue weighted by atomic mass is 16.6. The van der Waals surface area contributed by atoms with Gasteiger partial charge in [-0.05, 0) is 32.9 Å². The number of hydrogen-bond acceptors (Lipinski definition) is 5. The number of rotatable bonds is 3. The fraction of sp³-hybridized carbons (Fsp3) is 0.267. The molecule has 1 aromatic carbocycles. The quantitative estimate of drug-likeness (QED) is 0.901. The summed E-state index contributed by atoms with van der Waals surface area (Å²) in [5.41, 5.74) is 0.292. The Morgan fingerprint density at radius 2 is 2.05 bits per heavy atom. The lowest BCUT2D eigenvalue weighted by atomic mass is 10.1. The second-order valence-corrected chi connectivity index (χ2v) is 5.58. The lowest BCUT2D eigenvalue weighted by Gasteiger charge is -2.19. The summed E-state index contributed by atoms with van der Waals surface area (Å²) in [5.74, 6) is -1.01. The SMILES string of the molecule is CC(C)(C)OC(=O)Nc1cccc(-c2oncc2C(=O)O)c1. The smallest absolute Gasteiger partial charge is 0.412 e. The second kappa shape index (κ2) is 5.88. The van der Waals surface area contributed by atoms with Crippen molar-refractivity contribution in [3.05, 3.63) is 36.0 Å². The first-order chi connectivity index (χ1) is 10.3. The van der Waals surface area contributed by atoms with Crippen molar-refractivity contribution in [2.45, 2.75) is 26.4 Å². The van der Waals surface area contributed by atoms with E-state index in [1.165, 1.54) is 0 Å². The summed E-state index contributed by atoms with van der Waals surface area (Å²) < 4.78 is 10.1. The Morgan fingerprint density at radius 1 is 1.32 bits per heavy atom. The summed E-state index contributed by atoms with van der Waals surface area (Å²) in [6, 6.07) is 6.56. The standard InChI is InChI=1S/C15H16N2O5/c1-15(2,3)21-14(20)17-10-6-4-5-9(7-10)12-11(13(18)19)8-16-22-12/h4-8H,1-3H3,(H,17,20)(H,18,19). The van der Waals surface area contributed by atoms with Crippen molar-refractivity contribution in [2.24, 2.45) is 0 Å². The average molecular weight is 304 g/mol. The highest BCUT2D eigenvalue weighted by Gasteiger charge is 2.19. The molecular weight excluding hydrogens is 288 g/mol. The Kier molecular flexibility index (Phi) is 4.16. The highest BCUT2D eigenvalue weighted by Crippen LogP contribution is 2.26. The summed E-state index contributed by atoms with van der Waals surface area (Å²) in [6.07, 6.45) is 0.534. The monoisotopic (exact) mass is 304 g/mol. The van der Waals surface area contributed by atoms with Crippen LogP contribution in [0.25, 0.3) is 11.3 Å². The molecule has 1 amide bonds. The van der Waals surface area contributed by atoms with Crippen LogP contribution in [0.5, 0.6) is 0 Å². The lowest BCUT2D eigenvalue weighted by Crippen LogP contribution is -2.27. The second-order valence-electron chi connectivity index (χ2n) is 5.58. The summed E-state index contributed by atoms with van der Waals surface area (Å²) in [5, 5.41) is 15.1. The maximum atomic E-state index is 11.7. The van der Waals surface area contributed by atoms with Gasteiger partial charge in [0.05, 0.1) is 6.20 Å². The van der Waals surface area contributed by atoms with Crippen LogP contribution in [0.15, 0.2) is 35.0 Å². The normalized spacial score (nSPS) is 11.0. The fourth-order valence-corrected chi connectivity index (χ4v) is 1.76. The Labute approximate surface area is 126 Å². The van der Waals surface area contributed by atoms with Crippen molar-refractivity contribution in [3.8, 4) is 11.3 Å². The third-order valence-corrected chi connectivity index (χ3v) is 2.57. The molecule has 1 heterocycles. The van der Waals surface area contributed by atoms with Crippen molar-refractivity contribution in [2.75, 3.05) is 5.32 Å². The van der Waals surface area contributed by atoms with Gasteiger partial charge in [-0.1, -0.05) is 17.3 Å². The first-order valence-electron chi connectivity index (χ1n) is 6.55. The van der Waals surface area contributed by atoms with E-state index in [4.69, 9.17) is 14.4 Å². The molecule has 0 saturated carbocycles. The van der Waals surface area contributed by atoms with E-state index in [1.54, 1.807) is 45.0 Å². The molecule has 2 rings (SSSR count). The third-order valence-electron chi connectivity index (χ3n) is 2.57. The molecule has 7 nitrogen and oxygen atoms in total. The minimum absolute atomic E-state index is 0.0468. The van der Waals surface area contributed by atoms with Crippen LogP contribution in [0.1, 0.15) is 31.1 Å². The molecule has 0 aliphatic heterocycles. The Hall–Kier alpha value is -2.83. The minimum atomic E-state index is -1.14. The molecule has 0 fully saturated rings. The number of aromatic carboxylic acids is 1. The van der Waals surface area contributed by atoms with Crippen LogP contribution in [0, 0.1) is 0 Å². The van der Waals surface area contributed by atoms with Crippen molar-refractivity contribution in [1.29, 1.82) is 0 Å². The van der Waals surface area contributed by atoms with E-state index >= 15 is 0 Å². The molecule has 0 aliphatic rings. The topological polar surface area (TPSA) is 102 Å². The van der Waals surface area contributed by atoms with Gasteiger partial charge in [0.1, 0.15) is 11.2 Å². The third kappa shape index (κ3) is 3.85. The molecule has 7 heteroatoms. The molecule has 0 saturated heterocycles. The highest BCUT2D eigenvalue weighted by molar-refractivity contribution is 5.94. The molecule has 116 valence electrons. The van der Waals surface area contributed by atoms with Gasteiger partial charge in [-0.3, -0.25) is 5.32 Å². The molecule has 2 N–H and O–H groups in total. The van der Waals surface area contributed by atoms with Gasteiger partial charge in [0.15, 0.2) is 5.76 Å². The maximum absolute atomic E-state index is 11.7. The van der Waals surface area contributed by atoms with Crippen molar-refractivity contribution < 1.29 is 24.0 Å². The number of nitrogens with zero attached hydrogens (tertiary/aromatic N) is 1. The average Bonchev–Trinajstić information content (AvgIpc) is 2.85. The number of carbonyl (C=O) groups excluding carboxylic acids is 1. The molecule has 2 aromatic rings. The Morgan fingerprint density at radius 3 is 2.68 bits per heavy atom. The van der Waals surface area contributed by atoms with Crippen molar-refractivity contribution in [3.63, 3.8) is 0 Å². The van der Waals surface area contributed by atoms with E-state index in [2.05, 4.69) is 10.5 Å². The number of carboxylic acid groups (broad SMARTS) is 1. The van der Waals surface area contributed by atoms with E-state index in [0.717, 1.165) is 6.20 Å². The molecule has 1 aromatic heterocycles. The minimum Gasteiger partial charge on any atom is -0.477 e. The Bertz CT molecular complexity index is 700. The molecule has 0 unspecified atom stereocenters. The predicted octanol–water partition coefficient (Wildman–Crippen LogP) is 3.39. The fourth-order valence-electron chi connectivity index (χ4n) is 1.76. The van der Waals surface area contributed by atoms with Crippen molar-refractivity contribution >= 4 is 17.7 Å². The summed E-state index contributed by atoms with van der Waals surface area (Å²) in [4.78, 5) is 22.8.